The summed E-state index contributed by atoms with van der Waals surface area (Å²) in [6.45, 7) is 2.26. The van der Waals surface area contributed by atoms with Crippen molar-refractivity contribution in [3.8, 4) is 11.1 Å². The Morgan fingerprint density at radius 1 is 1.00 bits per heavy atom. The highest BCUT2D eigenvalue weighted by Gasteiger charge is 2.33. The molecule has 1 atom stereocenters. The molecule has 3 rings (SSSR count). The maximum Gasteiger partial charge on any atom is 0.410 e. The number of carboxylic acids is 1. The first-order chi connectivity index (χ1) is 14.9. The fraction of sp³-hybridized carbons (Fsp3) is 0.375. The molecule has 0 saturated heterocycles. The lowest BCUT2D eigenvalue weighted by Gasteiger charge is -2.24. The third kappa shape index (κ3) is 5.05. The highest BCUT2D eigenvalue weighted by Crippen LogP contribution is 2.44. The summed E-state index contributed by atoms with van der Waals surface area (Å²) in [5, 5.41) is 9.50. The van der Waals surface area contributed by atoms with Gasteiger partial charge in [0.1, 0.15) is 12.6 Å². The van der Waals surface area contributed by atoms with Crippen LogP contribution in [0.5, 0.6) is 0 Å². The Morgan fingerprint density at radius 2 is 1.58 bits per heavy atom. The van der Waals surface area contributed by atoms with Crippen molar-refractivity contribution >= 4 is 18.0 Å². The molecule has 0 radical (unpaired) electrons. The first kappa shape index (κ1) is 22.3. The zero-order valence-electron chi connectivity index (χ0n) is 17.7. The Hall–Kier alpha value is -3.35. The molecule has 0 bridgehead atoms. The number of aliphatic carboxylic acids is 1. The molecular formula is C24H27NO6. The molecule has 0 saturated carbocycles. The molecule has 31 heavy (non-hydrogen) atoms. The average molecular weight is 425 g/mol. The van der Waals surface area contributed by atoms with E-state index in [4.69, 9.17) is 9.47 Å². The van der Waals surface area contributed by atoms with E-state index in [1.807, 2.05) is 55.5 Å². The second-order valence-electron chi connectivity index (χ2n) is 7.55. The van der Waals surface area contributed by atoms with Crippen LogP contribution < -0.4 is 0 Å². The van der Waals surface area contributed by atoms with E-state index in [2.05, 4.69) is 0 Å². The number of hydrogen-bond acceptors (Lipinski definition) is 5. The third-order valence-electron chi connectivity index (χ3n) is 5.50. The molecule has 2 aromatic carbocycles. The lowest BCUT2D eigenvalue weighted by atomic mass is 9.98. The predicted molar refractivity (Wildman–Crippen MR) is 115 cm³/mol. The van der Waals surface area contributed by atoms with Gasteiger partial charge in [0.2, 0.25) is 0 Å². The lowest BCUT2D eigenvalue weighted by molar-refractivity contribution is -0.152. The van der Waals surface area contributed by atoms with Crippen LogP contribution in [0.25, 0.3) is 11.1 Å². The van der Waals surface area contributed by atoms with Gasteiger partial charge in [-0.1, -0.05) is 61.9 Å². The Labute approximate surface area is 181 Å². The van der Waals surface area contributed by atoms with Gasteiger partial charge < -0.3 is 14.6 Å². The normalized spacial score (nSPS) is 13.1. The number of amides is 1. The largest absolute Gasteiger partial charge is 0.480 e. The van der Waals surface area contributed by atoms with E-state index >= 15 is 0 Å². The predicted octanol–water partition coefficient (Wildman–Crippen LogP) is 4.05. The first-order valence-electron chi connectivity index (χ1n) is 10.4. The summed E-state index contributed by atoms with van der Waals surface area (Å²) in [7, 11) is 1.32. The summed E-state index contributed by atoms with van der Waals surface area (Å²) in [6, 6.07) is 14.5. The van der Waals surface area contributed by atoms with Gasteiger partial charge in [0.25, 0.3) is 0 Å². The minimum absolute atomic E-state index is 0.0739. The van der Waals surface area contributed by atoms with E-state index in [1.165, 1.54) is 7.05 Å². The zero-order valence-corrected chi connectivity index (χ0v) is 17.7. The minimum Gasteiger partial charge on any atom is -0.480 e. The van der Waals surface area contributed by atoms with Gasteiger partial charge in [-0.2, -0.15) is 0 Å². The highest BCUT2D eigenvalue weighted by atomic mass is 16.6. The Morgan fingerprint density at radius 3 is 2.13 bits per heavy atom. The van der Waals surface area contributed by atoms with Gasteiger partial charge in [-0.3, -0.25) is 9.69 Å². The highest BCUT2D eigenvalue weighted by molar-refractivity contribution is 5.85. The van der Waals surface area contributed by atoms with E-state index in [0.29, 0.717) is 6.42 Å². The van der Waals surface area contributed by atoms with Crippen molar-refractivity contribution < 1.29 is 29.0 Å². The van der Waals surface area contributed by atoms with Crippen molar-refractivity contribution in [2.24, 2.45) is 0 Å². The van der Waals surface area contributed by atoms with Gasteiger partial charge in [-0.25, -0.2) is 9.59 Å². The van der Waals surface area contributed by atoms with Crippen LogP contribution >= 0.6 is 0 Å². The van der Waals surface area contributed by atoms with Crippen molar-refractivity contribution in [3.63, 3.8) is 0 Å². The second kappa shape index (κ2) is 10.1. The fourth-order valence-corrected chi connectivity index (χ4v) is 3.76. The van der Waals surface area contributed by atoms with Crippen LogP contribution in [-0.4, -0.2) is 54.3 Å². The van der Waals surface area contributed by atoms with Crippen LogP contribution in [0.3, 0.4) is 0 Å². The summed E-state index contributed by atoms with van der Waals surface area (Å²) in [5.74, 6) is -2.07. The van der Waals surface area contributed by atoms with Crippen LogP contribution in [0, 0.1) is 0 Å². The SMILES string of the molecule is CCCCOC(=O)C[C@@H](C(=O)O)N(C)C(=O)OCC1c2ccccc2-c2ccccc21. The molecule has 1 aliphatic carbocycles. The van der Waals surface area contributed by atoms with Crippen molar-refractivity contribution in [1.82, 2.24) is 4.90 Å². The standard InChI is InChI=1S/C24H27NO6/c1-3-4-13-30-22(26)14-21(23(27)28)25(2)24(29)31-15-20-18-11-7-5-9-16(18)17-10-6-8-12-19(17)20/h5-12,20-21H,3-4,13-15H2,1-2H3,(H,27,28)/t21-/m0/s1. The number of hydrogen-bond donors (Lipinski definition) is 1. The molecule has 0 heterocycles. The third-order valence-corrected chi connectivity index (χ3v) is 5.50. The molecule has 0 aromatic heterocycles. The molecular weight excluding hydrogens is 398 g/mol. The molecule has 164 valence electrons. The van der Waals surface area contributed by atoms with Gasteiger partial charge >= 0.3 is 18.0 Å². The Kier molecular flexibility index (Phi) is 7.28. The second-order valence-corrected chi connectivity index (χ2v) is 7.55. The van der Waals surface area contributed by atoms with Crippen LogP contribution in [0.1, 0.15) is 43.2 Å². The maximum absolute atomic E-state index is 12.6. The quantitative estimate of drug-likeness (QED) is 0.481. The maximum atomic E-state index is 12.6. The van der Waals surface area contributed by atoms with E-state index in [0.717, 1.165) is 33.6 Å². The van der Waals surface area contributed by atoms with Crippen LogP contribution in [0.15, 0.2) is 48.5 Å². The number of rotatable bonds is 9. The number of benzene rings is 2. The molecule has 7 heteroatoms. The fourth-order valence-electron chi connectivity index (χ4n) is 3.76. The molecule has 0 aliphatic heterocycles. The zero-order chi connectivity index (χ0) is 22.4. The van der Waals surface area contributed by atoms with Crippen LogP contribution in [0.4, 0.5) is 4.79 Å². The van der Waals surface area contributed by atoms with Crippen LogP contribution in [-0.2, 0) is 19.1 Å². The van der Waals surface area contributed by atoms with Crippen molar-refractivity contribution in [3.05, 3.63) is 59.7 Å². The summed E-state index contributed by atoms with van der Waals surface area (Å²) in [6.07, 6.45) is 0.330. The van der Waals surface area contributed by atoms with Gasteiger partial charge in [-0.05, 0) is 28.7 Å². The molecule has 0 fully saturated rings. The number of carbonyl (C=O) groups is 3. The Bertz CT molecular complexity index is 911. The molecule has 1 amide bonds. The van der Waals surface area contributed by atoms with E-state index in [1.54, 1.807) is 0 Å². The molecule has 1 aliphatic rings. The summed E-state index contributed by atoms with van der Waals surface area (Å²) < 4.78 is 10.5. The van der Waals surface area contributed by atoms with Crippen molar-refractivity contribution in [1.29, 1.82) is 0 Å². The number of fused-ring (bicyclic) bond motifs is 3. The summed E-state index contributed by atoms with van der Waals surface area (Å²) in [5.41, 5.74) is 4.33. The number of ether oxygens (including phenoxy) is 2. The first-order valence-corrected chi connectivity index (χ1v) is 10.4. The summed E-state index contributed by atoms with van der Waals surface area (Å²) in [4.78, 5) is 37.1. The van der Waals surface area contributed by atoms with Crippen molar-refractivity contribution in [2.75, 3.05) is 20.3 Å². The number of carbonyl (C=O) groups excluding carboxylic acids is 2. The monoisotopic (exact) mass is 425 g/mol. The summed E-state index contributed by atoms with van der Waals surface area (Å²) >= 11 is 0. The smallest absolute Gasteiger partial charge is 0.410 e. The number of unbranched alkanes of at least 4 members (excludes halogenated alkanes) is 1. The molecule has 2 aromatic rings. The van der Waals surface area contributed by atoms with Crippen molar-refractivity contribution in [2.45, 2.75) is 38.1 Å². The van der Waals surface area contributed by atoms with Crippen LogP contribution in [0.2, 0.25) is 0 Å². The molecule has 7 nitrogen and oxygen atoms in total. The Balaban J connectivity index is 1.65. The molecule has 0 unspecified atom stereocenters. The van der Waals surface area contributed by atoms with Gasteiger partial charge in [-0.15, -0.1) is 0 Å². The number of nitrogens with zero attached hydrogens (tertiary/aromatic N) is 1. The minimum atomic E-state index is -1.36. The number of likely N-dealkylation sites (N-methyl/N-ethyl adjacent to an activating group) is 1. The van der Waals surface area contributed by atoms with E-state index < -0.39 is 30.5 Å². The van der Waals surface area contributed by atoms with Gasteiger partial charge in [0.05, 0.1) is 13.0 Å². The number of carboxylic acid groups (broad SMARTS) is 1. The average Bonchev–Trinajstić information content (AvgIpc) is 3.09. The van der Waals surface area contributed by atoms with Gasteiger partial charge in [0.15, 0.2) is 0 Å². The van der Waals surface area contributed by atoms with E-state index in [9.17, 15) is 19.5 Å². The van der Waals surface area contributed by atoms with Gasteiger partial charge in [0, 0.05) is 13.0 Å². The molecule has 0 spiro atoms. The number of esters is 1. The van der Waals surface area contributed by atoms with E-state index in [-0.39, 0.29) is 19.1 Å². The molecule has 1 N–H and O–H groups in total. The topological polar surface area (TPSA) is 93.1 Å². The lowest BCUT2D eigenvalue weighted by Crippen LogP contribution is -2.44.